The fraction of sp³-hybridized carbons (Fsp3) is 0.267. The van der Waals surface area contributed by atoms with Crippen LogP contribution in [0.15, 0.2) is 28.5 Å². The summed E-state index contributed by atoms with van der Waals surface area (Å²) in [5, 5.41) is 20.2. The minimum absolute atomic E-state index is 0. The van der Waals surface area contributed by atoms with Gasteiger partial charge in [-0.1, -0.05) is 23.2 Å². The van der Waals surface area contributed by atoms with Crippen molar-refractivity contribution in [2.24, 2.45) is 21.7 Å². The Kier molecular flexibility index (Phi) is 6.16. The number of hydrogen-bond donors (Lipinski definition) is 2. The van der Waals surface area contributed by atoms with Crippen molar-refractivity contribution in [3.8, 4) is 0 Å². The molecule has 4 N–H and O–H groups in total. The highest BCUT2D eigenvalue weighted by molar-refractivity contribution is 7.20. The number of guanidine groups is 1. The monoisotopic (exact) mass is 419 g/mol. The number of nitrogens with two attached hydrogens (primary N) is 2. The normalized spacial score (nSPS) is 17.7. The van der Waals surface area contributed by atoms with Crippen molar-refractivity contribution in [3.63, 3.8) is 0 Å². The van der Waals surface area contributed by atoms with Crippen molar-refractivity contribution in [1.29, 1.82) is 0 Å². The molecule has 0 aliphatic heterocycles. The Morgan fingerprint density at radius 3 is 2.68 bits per heavy atom. The van der Waals surface area contributed by atoms with Gasteiger partial charge in [0, 0.05) is 18.4 Å². The first-order valence-electron chi connectivity index (χ1n) is 7.19. The van der Waals surface area contributed by atoms with Crippen LogP contribution in [-0.2, 0) is 6.42 Å². The molecule has 0 radical (unpaired) electrons. The van der Waals surface area contributed by atoms with Gasteiger partial charge in [0.25, 0.3) is 0 Å². The summed E-state index contributed by atoms with van der Waals surface area (Å²) in [5.74, 6) is -0.143. The molecular formula is C15H16Cl3N5OS. The quantitative estimate of drug-likeness (QED) is 0.256. The van der Waals surface area contributed by atoms with Crippen LogP contribution in [0.25, 0.3) is 0 Å². The summed E-state index contributed by atoms with van der Waals surface area (Å²) in [6.45, 7) is 1.93. The van der Waals surface area contributed by atoms with Crippen molar-refractivity contribution < 1.29 is 4.73 Å². The third-order valence-electron chi connectivity index (χ3n) is 3.99. The molecule has 1 unspecified atom stereocenters. The largest absolute Gasteiger partial charge is 0.618 e. The number of aromatic nitrogens is 1. The molecule has 2 heterocycles. The average Bonchev–Trinajstić information content (AvgIpc) is 2.87. The predicted molar refractivity (Wildman–Crippen MR) is 105 cm³/mol. The molecular weight excluding hydrogens is 405 g/mol. The molecule has 0 fully saturated rings. The van der Waals surface area contributed by atoms with Gasteiger partial charge in [-0.25, -0.2) is 0 Å². The Morgan fingerprint density at radius 1 is 1.36 bits per heavy atom. The topological polar surface area (TPSA) is 104 Å². The molecule has 0 saturated heterocycles. The lowest BCUT2D eigenvalue weighted by atomic mass is 9.81. The van der Waals surface area contributed by atoms with Crippen molar-refractivity contribution in [2.45, 2.75) is 25.7 Å². The molecule has 1 aliphatic rings. The number of aryl methyl sites for hydroxylation is 1. The summed E-state index contributed by atoms with van der Waals surface area (Å²) in [7, 11) is 0. The maximum absolute atomic E-state index is 12.3. The molecule has 6 nitrogen and oxygen atoms in total. The molecule has 1 atom stereocenters. The predicted octanol–water partition coefficient (Wildman–Crippen LogP) is 3.13. The number of rotatable bonds is 2. The van der Waals surface area contributed by atoms with Crippen LogP contribution in [0.2, 0.25) is 8.67 Å². The van der Waals surface area contributed by atoms with E-state index in [4.69, 9.17) is 34.7 Å². The minimum atomic E-state index is -0.133. The maximum atomic E-state index is 12.3. The van der Waals surface area contributed by atoms with E-state index in [1.165, 1.54) is 17.5 Å². The highest BCUT2D eigenvalue weighted by Gasteiger charge is 2.33. The van der Waals surface area contributed by atoms with Gasteiger partial charge in [0.15, 0.2) is 6.20 Å². The van der Waals surface area contributed by atoms with Gasteiger partial charge in [0.2, 0.25) is 11.7 Å². The highest BCUT2D eigenvalue weighted by atomic mass is 35.5. The average molecular weight is 421 g/mol. The molecule has 134 valence electrons. The maximum Gasteiger partial charge on any atom is 0.211 e. The van der Waals surface area contributed by atoms with Gasteiger partial charge >= 0.3 is 0 Å². The lowest BCUT2D eigenvalue weighted by molar-refractivity contribution is -0.614. The molecule has 3 rings (SSSR count). The fourth-order valence-corrected chi connectivity index (χ4v) is 4.60. The van der Waals surface area contributed by atoms with Crippen molar-refractivity contribution in [2.75, 3.05) is 0 Å². The van der Waals surface area contributed by atoms with Crippen LogP contribution < -0.4 is 16.2 Å². The number of pyridine rings is 1. The van der Waals surface area contributed by atoms with Crippen LogP contribution in [0.3, 0.4) is 0 Å². The number of halogens is 3. The first-order valence-corrected chi connectivity index (χ1v) is 8.76. The van der Waals surface area contributed by atoms with Crippen molar-refractivity contribution in [1.82, 2.24) is 0 Å². The standard InChI is InChI=1S/C15H15Cl2N5OS.ClH/c1-7-2-3-22(23)11-5-8(9-6-12(16)24-14(9)17)4-10(13(7)11)20-21-15(18)19;/h2-3,6,8H,4-5H2,1H3,(H4,18,19,21);1H/b20-10-;. The summed E-state index contributed by atoms with van der Waals surface area (Å²) in [5.41, 5.74) is 14.7. The second-order valence-corrected chi connectivity index (χ2v) is 7.89. The first kappa shape index (κ1) is 19.8. The van der Waals surface area contributed by atoms with Crippen molar-refractivity contribution >= 4 is 58.6 Å². The summed E-state index contributed by atoms with van der Waals surface area (Å²) in [4.78, 5) is 0. The van der Waals surface area contributed by atoms with Gasteiger partial charge in [0.05, 0.1) is 19.9 Å². The summed E-state index contributed by atoms with van der Waals surface area (Å²) in [6.07, 6.45) is 2.62. The minimum Gasteiger partial charge on any atom is -0.618 e. The van der Waals surface area contributed by atoms with Crippen LogP contribution in [-0.4, -0.2) is 11.7 Å². The van der Waals surface area contributed by atoms with Gasteiger partial charge in [0.1, 0.15) is 0 Å². The number of thiophene rings is 1. The van der Waals surface area contributed by atoms with Crippen molar-refractivity contribution in [3.05, 3.63) is 54.6 Å². The Balaban J connectivity index is 0.00000225. The molecule has 1 aliphatic carbocycles. The van der Waals surface area contributed by atoms with E-state index in [9.17, 15) is 5.21 Å². The van der Waals surface area contributed by atoms with Gasteiger partial charge in [-0.3, -0.25) is 0 Å². The van der Waals surface area contributed by atoms with Gasteiger partial charge in [-0.15, -0.1) is 28.8 Å². The number of hydrogen-bond acceptors (Lipinski definition) is 4. The third kappa shape index (κ3) is 4.00. The lowest BCUT2D eigenvalue weighted by Crippen LogP contribution is -2.38. The number of nitrogens with zero attached hydrogens (tertiary/aromatic N) is 3. The van der Waals surface area contributed by atoms with Crippen LogP contribution in [0, 0.1) is 12.1 Å². The van der Waals surface area contributed by atoms with E-state index in [2.05, 4.69) is 10.2 Å². The van der Waals surface area contributed by atoms with E-state index in [-0.39, 0.29) is 24.3 Å². The van der Waals surface area contributed by atoms with E-state index in [0.29, 0.717) is 32.9 Å². The lowest BCUT2D eigenvalue weighted by Gasteiger charge is -2.25. The molecule has 25 heavy (non-hydrogen) atoms. The van der Waals surface area contributed by atoms with Crippen LogP contribution in [0.5, 0.6) is 0 Å². The summed E-state index contributed by atoms with van der Waals surface area (Å²) in [6, 6.07) is 3.60. The molecule has 2 aromatic heterocycles. The SMILES string of the molecule is Cc1cc[n+]([O-])c2c1/C(=N\N=C(N)N)CC(c1cc(Cl)sc1Cl)C2.Cl. The molecule has 0 saturated carbocycles. The Labute approximate surface area is 165 Å². The van der Waals surface area contributed by atoms with E-state index in [1.807, 2.05) is 13.0 Å². The van der Waals surface area contributed by atoms with E-state index in [0.717, 1.165) is 21.4 Å². The fourth-order valence-electron chi connectivity index (χ4n) is 2.98. The second-order valence-electron chi connectivity index (χ2n) is 5.60. The molecule has 0 aromatic carbocycles. The summed E-state index contributed by atoms with van der Waals surface area (Å²) >= 11 is 13.7. The highest BCUT2D eigenvalue weighted by Crippen LogP contribution is 2.41. The zero-order valence-electron chi connectivity index (χ0n) is 13.2. The number of fused-ring (bicyclic) bond motifs is 1. The smallest absolute Gasteiger partial charge is 0.211 e. The second kappa shape index (κ2) is 7.78. The molecule has 10 heteroatoms. The van der Waals surface area contributed by atoms with Crippen LogP contribution >= 0.6 is 46.9 Å². The molecule has 2 aromatic rings. The molecule has 0 bridgehead atoms. The Morgan fingerprint density at radius 2 is 2.08 bits per heavy atom. The van der Waals surface area contributed by atoms with E-state index in [1.54, 1.807) is 6.07 Å². The van der Waals surface area contributed by atoms with E-state index < -0.39 is 0 Å². The zero-order chi connectivity index (χ0) is 17.4. The molecule has 0 spiro atoms. The summed E-state index contributed by atoms with van der Waals surface area (Å²) < 4.78 is 2.10. The van der Waals surface area contributed by atoms with E-state index >= 15 is 0 Å². The Hall–Kier alpha value is -1.54. The van der Waals surface area contributed by atoms with Crippen LogP contribution in [0.1, 0.15) is 34.7 Å². The Bertz CT molecular complexity index is 861. The van der Waals surface area contributed by atoms with Crippen LogP contribution in [0.4, 0.5) is 0 Å². The van der Waals surface area contributed by atoms with Gasteiger partial charge in [-0.05, 0) is 30.5 Å². The zero-order valence-corrected chi connectivity index (χ0v) is 16.3. The third-order valence-corrected chi connectivity index (χ3v) is 5.50. The van der Waals surface area contributed by atoms with Gasteiger partial charge < -0.3 is 16.7 Å². The first-order chi connectivity index (χ1) is 11.4. The molecule has 0 amide bonds. The van der Waals surface area contributed by atoms with Gasteiger partial charge in [-0.2, -0.15) is 9.83 Å².